The van der Waals surface area contributed by atoms with Crippen molar-refractivity contribution in [3.05, 3.63) is 82.7 Å². The summed E-state index contributed by atoms with van der Waals surface area (Å²) in [6, 6.07) is 21.2. The van der Waals surface area contributed by atoms with Gasteiger partial charge in [-0.3, -0.25) is 10.1 Å². The van der Waals surface area contributed by atoms with Gasteiger partial charge in [0.25, 0.3) is 5.91 Å². The number of thiazole rings is 1. The number of rotatable bonds is 6. The average Bonchev–Trinajstić information content (AvgIpc) is 3.56. The Hall–Kier alpha value is -3.82. The highest BCUT2D eigenvalue weighted by molar-refractivity contribution is 7.20. The van der Waals surface area contributed by atoms with E-state index in [1.54, 1.807) is 6.07 Å². The lowest BCUT2D eigenvalue weighted by atomic mass is 10.2. The minimum Gasteiger partial charge on any atom is -0.451 e. The summed E-state index contributed by atoms with van der Waals surface area (Å²) in [6.45, 7) is 1.51. The van der Waals surface area contributed by atoms with E-state index in [2.05, 4.69) is 15.4 Å². The number of amides is 1. The average molecular weight is 475 g/mol. The van der Waals surface area contributed by atoms with E-state index in [9.17, 15) is 9.59 Å². The van der Waals surface area contributed by atoms with Gasteiger partial charge in [-0.05, 0) is 25.1 Å². The predicted molar refractivity (Wildman–Crippen MR) is 130 cm³/mol. The second-order valence-corrected chi connectivity index (χ2v) is 9.08. The Labute approximate surface area is 197 Å². The van der Waals surface area contributed by atoms with E-state index in [1.165, 1.54) is 22.7 Å². The van der Waals surface area contributed by atoms with Crippen LogP contribution in [-0.4, -0.2) is 33.2 Å². The molecule has 0 bridgehead atoms. The van der Waals surface area contributed by atoms with E-state index in [0.717, 1.165) is 32.9 Å². The lowest BCUT2D eigenvalue weighted by Crippen LogP contribution is -2.20. The van der Waals surface area contributed by atoms with Crippen LogP contribution in [0.4, 0.5) is 5.13 Å². The zero-order valence-electron chi connectivity index (χ0n) is 17.5. The number of ether oxygens (including phenoxy) is 1. The maximum atomic E-state index is 12.6. The summed E-state index contributed by atoms with van der Waals surface area (Å²) < 4.78 is 7.06. The summed E-state index contributed by atoms with van der Waals surface area (Å²) in [7, 11) is 0. The molecule has 0 spiro atoms. The minimum absolute atomic E-state index is 0.392. The Balaban J connectivity index is 1.24. The second-order valence-electron chi connectivity index (χ2n) is 7.19. The number of thiophene rings is 1. The SMILES string of the molecule is Cc1nn(-c2ccccc2)c2sc(C(=O)OCC(=O)Nc3nc(-c4ccccc4)cs3)cc12. The fourth-order valence-electron chi connectivity index (χ4n) is 3.32. The van der Waals surface area contributed by atoms with Crippen LogP contribution >= 0.6 is 22.7 Å². The van der Waals surface area contributed by atoms with Gasteiger partial charge in [0.2, 0.25) is 0 Å². The molecule has 3 aromatic heterocycles. The molecule has 33 heavy (non-hydrogen) atoms. The van der Waals surface area contributed by atoms with Gasteiger partial charge in [0.15, 0.2) is 11.7 Å². The Kier molecular flexibility index (Phi) is 5.72. The van der Waals surface area contributed by atoms with Crippen molar-refractivity contribution in [3.63, 3.8) is 0 Å². The van der Waals surface area contributed by atoms with Crippen LogP contribution in [0.1, 0.15) is 15.4 Å². The number of para-hydroxylation sites is 1. The first-order chi connectivity index (χ1) is 16.1. The molecule has 164 valence electrons. The van der Waals surface area contributed by atoms with Crippen molar-refractivity contribution in [2.24, 2.45) is 0 Å². The number of carbonyl (C=O) groups is 2. The molecule has 7 nitrogen and oxygen atoms in total. The number of nitrogens with zero attached hydrogens (tertiary/aromatic N) is 3. The molecule has 0 aliphatic carbocycles. The fourth-order valence-corrected chi connectivity index (χ4v) is 5.13. The van der Waals surface area contributed by atoms with E-state index < -0.39 is 18.5 Å². The van der Waals surface area contributed by atoms with Gasteiger partial charge < -0.3 is 4.74 Å². The fraction of sp³-hybridized carbons (Fsp3) is 0.0833. The van der Waals surface area contributed by atoms with E-state index in [1.807, 2.05) is 77.6 Å². The Bertz CT molecular complexity index is 1440. The molecule has 3 heterocycles. The molecule has 2 aromatic carbocycles. The monoisotopic (exact) mass is 474 g/mol. The minimum atomic E-state index is -0.547. The third-order valence-corrected chi connectivity index (χ3v) is 6.75. The first kappa shape index (κ1) is 21.0. The summed E-state index contributed by atoms with van der Waals surface area (Å²) in [5, 5.41) is 10.5. The van der Waals surface area contributed by atoms with E-state index in [4.69, 9.17) is 4.74 Å². The molecular formula is C24H18N4O3S2. The first-order valence-electron chi connectivity index (χ1n) is 10.1. The number of benzene rings is 2. The Morgan fingerprint density at radius 2 is 1.79 bits per heavy atom. The molecule has 0 radical (unpaired) electrons. The summed E-state index contributed by atoms with van der Waals surface area (Å²) >= 11 is 2.61. The summed E-state index contributed by atoms with van der Waals surface area (Å²) in [4.78, 5) is 30.5. The van der Waals surface area contributed by atoms with Crippen LogP contribution in [0.3, 0.4) is 0 Å². The largest absolute Gasteiger partial charge is 0.451 e. The van der Waals surface area contributed by atoms with Crippen LogP contribution in [-0.2, 0) is 9.53 Å². The molecule has 0 unspecified atom stereocenters. The topological polar surface area (TPSA) is 86.1 Å². The molecule has 1 N–H and O–H groups in total. The molecule has 1 amide bonds. The van der Waals surface area contributed by atoms with Crippen LogP contribution < -0.4 is 5.32 Å². The lowest BCUT2D eigenvalue weighted by Gasteiger charge is -2.03. The van der Waals surface area contributed by atoms with Crippen molar-refractivity contribution in [1.29, 1.82) is 0 Å². The highest BCUT2D eigenvalue weighted by atomic mass is 32.1. The van der Waals surface area contributed by atoms with Gasteiger partial charge in [-0.1, -0.05) is 48.5 Å². The van der Waals surface area contributed by atoms with Gasteiger partial charge in [0.1, 0.15) is 9.71 Å². The van der Waals surface area contributed by atoms with Crippen LogP contribution in [0, 0.1) is 6.92 Å². The van der Waals surface area contributed by atoms with Gasteiger partial charge in [-0.2, -0.15) is 5.10 Å². The molecule has 0 saturated carbocycles. The second kappa shape index (κ2) is 8.97. The zero-order chi connectivity index (χ0) is 22.8. The number of fused-ring (bicyclic) bond motifs is 1. The summed E-state index contributed by atoms with van der Waals surface area (Å²) in [5.41, 5.74) is 3.48. The van der Waals surface area contributed by atoms with Crippen LogP contribution in [0.25, 0.3) is 27.2 Å². The van der Waals surface area contributed by atoms with Gasteiger partial charge >= 0.3 is 5.97 Å². The standard InChI is InChI=1S/C24H18N4O3S2/c1-15-18-12-20(33-22(18)28(27-15)17-10-6-3-7-11-17)23(30)31-13-21(29)26-24-25-19(14-32-24)16-8-4-2-5-9-16/h2-12,14H,13H2,1H3,(H,25,26,29). The maximum absolute atomic E-state index is 12.6. The lowest BCUT2D eigenvalue weighted by molar-refractivity contribution is -0.119. The Morgan fingerprint density at radius 1 is 1.06 bits per heavy atom. The molecular weight excluding hydrogens is 456 g/mol. The highest BCUT2D eigenvalue weighted by Crippen LogP contribution is 2.31. The van der Waals surface area contributed by atoms with Crippen molar-refractivity contribution < 1.29 is 14.3 Å². The molecule has 0 aliphatic rings. The Morgan fingerprint density at radius 3 is 2.55 bits per heavy atom. The molecule has 0 fully saturated rings. The van der Waals surface area contributed by atoms with Crippen molar-refractivity contribution in [3.8, 4) is 16.9 Å². The molecule has 0 saturated heterocycles. The third kappa shape index (κ3) is 4.41. The van der Waals surface area contributed by atoms with Gasteiger partial charge in [0, 0.05) is 16.3 Å². The molecule has 0 aliphatic heterocycles. The zero-order valence-corrected chi connectivity index (χ0v) is 19.2. The predicted octanol–water partition coefficient (Wildman–Crippen LogP) is 5.31. The van der Waals surface area contributed by atoms with Crippen molar-refractivity contribution in [1.82, 2.24) is 14.8 Å². The highest BCUT2D eigenvalue weighted by Gasteiger charge is 2.19. The van der Waals surface area contributed by atoms with Gasteiger partial charge in [-0.15, -0.1) is 22.7 Å². The smallest absolute Gasteiger partial charge is 0.348 e. The van der Waals surface area contributed by atoms with Gasteiger partial charge in [0.05, 0.1) is 17.1 Å². The number of anilines is 1. The van der Waals surface area contributed by atoms with Gasteiger partial charge in [-0.25, -0.2) is 14.5 Å². The van der Waals surface area contributed by atoms with Crippen LogP contribution in [0.15, 0.2) is 72.1 Å². The van der Waals surface area contributed by atoms with Crippen molar-refractivity contribution in [2.75, 3.05) is 11.9 Å². The summed E-state index contributed by atoms with van der Waals surface area (Å²) in [5.74, 6) is -0.987. The number of hydrogen-bond acceptors (Lipinski definition) is 7. The number of esters is 1. The maximum Gasteiger partial charge on any atom is 0.348 e. The number of hydrogen-bond donors (Lipinski definition) is 1. The normalized spacial score (nSPS) is 10.9. The first-order valence-corrected chi connectivity index (χ1v) is 11.8. The van der Waals surface area contributed by atoms with Crippen molar-refractivity contribution >= 4 is 49.9 Å². The number of nitrogens with one attached hydrogen (secondary N) is 1. The number of carbonyl (C=O) groups excluding carboxylic acids is 2. The number of aromatic nitrogens is 3. The quantitative estimate of drug-likeness (QED) is 0.337. The van der Waals surface area contributed by atoms with E-state index in [0.29, 0.717) is 10.0 Å². The third-order valence-electron chi connectivity index (χ3n) is 4.90. The molecule has 0 atom stereocenters. The van der Waals surface area contributed by atoms with E-state index >= 15 is 0 Å². The summed E-state index contributed by atoms with van der Waals surface area (Å²) in [6.07, 6.45) is 0. The molecule has 5 rings (SSSR count). The number of aryl methyl sites for hydroxylation is 1. The van der Waals surface area contributed by atoms with Crippen LogP contribution in [0.2, 0.25) is 0 Å². The molecule has 5 aromatic rings. The molecule has 9 heteroatoms. The van der Waals surface area contributed by atoms with Crippen molar-refractivity contribution in [2.45, 2.75) is 6.92 Å². The van der Waals surface area contributed by atoms with Crippen LogP contribution in [0.5, 0.6) is 0 Å². The van der Waals surface area contributed by atoms with E-state index in [-0.39, 0.29) is 0 Å².